The molecule has 152 valence electrons. The highest BCUT2D eigenvalue weighted by atomic mass is 32.2. The minimum Gasteiger partial charge on any atom is -0.383 e. The third kappa shape index (κ3) is 4.75. The fourth-order valence-corrected chi connectivity index (χ4v) is 4.64. The maximum atomic E-state index is 12.8. The van der Waals surface area contributed by atoms with Crippen molar-refractivity contribution < 1.29 is 9.53 Å². The molecule has 0 unspecified atom stereocenters. The summed E-state index contributed by atoms with van der Waals surface area (Å²) < 4.78 is 6.75. The maximum Gasteiger partial charge on any atom is 0.262 e. The lowest BCUT2D eigenvalue weighted by Gasteiger charge is -2.34. The number of thioether (sulfide) groups is 1. The van der Waals surface area contributed by atoms with Gasteiger partial charge in [0.1, 0.15) is 0 Å². The minimum absolute atomic E-state index is 0.00310. The van der Waals surface area contributed by atoms with Crippen LogP contribution in [0.2, 0.25) is 0 Å². The number of amides is 1. The number of hydrogen-bond donors (Lipinski definition) is 1. The normalized spacial score (nSPS) is 22.3. The predicted molar refractivity (Wildman–Crippen MR) is 113 cm³/mol. The molecule has 1 N–H and O–H groups in total. The van der Waals surface area contributed by atoms with Crippen LogP contribution in [-0.4, -0.2) is 41.0 Å². The van der Waals surface area contributed by atoms with Gasteiger partial charge in [0.15, 0.2) is 5.16 Å². The monoisotopic (exact) mass is 403 g/mol. The number of carbonyl (C=O) groups excluding carboxylic acids is 1. The molecule has 6 nitrogen and oxygen atoms in total. The van der Waals surface area contributed by atoms with Crippen molar-refractivity contribution in [2.75, 3.05) is 19.5 Å². The van der Waals surface area contributed by atoms with Crippen LogP contribution in [0, 0.1) is 11.8 Å². The van der Waals surface area contributed by atoms with Crippen LogP contribution in [0.25, 0.3) is 10.9 Å². The Balaban J connectivity index is 1.73. The fourth-order valence-electron chi connectivity index (χ4n) is 3.80. The van der Waals surface area contributed by atoms with E-state index < -0.39 is 0 Å². The lowest BCUT2D eigenvalue weighted by molar-refractivity contribution is -0.120. The van der Waals surface area contributed by atoms with E-state index in [4.69, 9.17) is 4.74 Å². The van der Waals surface area contributed by atoms with Crippen molar-refractivity contribution >= 4 is 28.6 Å². The van der Waals surface area contributed by atoms with Gasteiger partial charge in [-0.3, -0.25) is 14.2 Å². The van der Waals surface area contributed by atoms with E-state index in [9.17, 15) is 9.59 Å². The van der Waals surface area contributed by atoms with Crippen molar-refractivity contribution in [2.24, 2.45) is 11.8 Å². The predicted octanol–water partition coefficient (Wildman–Crippen LogP) is 3.08. The topological polar surface area (TPSA) is 73.2 Å². The van der Waals surface area contributed by atoms with Crippen LogP contribution in [0.15, 0.2) is 34.2 Å². The summed E-state index contributed by atoms with van der Waals surface area (Å²) in [5.41, 5.74) is 0.555. The molecule has 0 saturated heterocycles. The number of benzene rings is 1. The molecule has 1 fully saturated rings. The molecule has 1 aromatic carbocycles. The molecule has 0 radical (unpaired) electrons. The molecule has 0 spiro atoms. The van der Waals surface area contributed by atoms with Crippen LogP contribution in [0.5, 0.6) is 0 Å². The van der Waals surface area contributed by atoms with Gasteiger partial charge >= 0.3 is 0 Å². The summed E-state index contributed by atoms with van der Waals surface area (Å²) in [6.45, 7) is 5.30. The summed E-state index contributed by atoms with van der Waals surface area (Å²) >= 11 is 1.31. The number of carbonyl (C=O) groups is 1. The van der Waals surface area contributed by atoms with E-state index >= 15 is 0 Å². The van der Waals surface area contributed by atoms with E-state index in [1.165, 1.54) is 18.2 Å². The lowest BCUT2D eigenvalue weighted by Crippen LogP contribution is -2.44. The highest BCUT2D eigenvalue weighted by Crippen LogP contribution is 2.29. The van der Waals surface area contributed by atoms with Gasteiger partial charge in [-0.1, -0.05) is 50.6 Å². The van der Waals surface area contributed by atoms with Crippen LogP contribution in [0.1, 0.15) is 33.1 Å². The number of para-hydroxylation sites is 1. The summed E-state index contributed by atoms with van der Waals surface area (Å²) in [5.74, 6) is 1.36. The van der Waals surface area contributed by atoms with Crippen molar-refractivity contribution in [1.82, 2.24) is 14.9 Å². The van der Waals surface area contributed by atoms with Crippen LogP contribution < -0.4 is 10.9 Å². The summed E-state index contributed by atoms with van der Waals surface area (Å²) in [6.07, 6.45) is 3.43. The molecule has 1 aliphatic rings. The number of fused-ring (bicyclic) bond motifs is 1. The van der Waals surface area contributed by atoms with Gasteiger partial charge in [0, 0.05) is 13.2 Å². The third-order valence-electron chi connectivity index (χ3n) is 5.73. The summed E-state index contributed by atoms with van der Waals surface area (Å²) in [5, 5.41) is 4.32. The molecule has 1 saturated carbocycles. The smallest absolute Gasteiger partial charge is 0.262 e. The highest BCUT2D eigenvalue weighted by Gasteiger charge is 2.28. The molecule has 0 aliphatic heterocycles. The zero-order valence-corrected chi connectivity index (χ0v) is 17.6. The minimum atomic E-state index is -0.0970. The average Bonchev–Trinajstić information content (AvgIpc) is 2.69. The number of hydrogen-bond acceptors (Lipinski definition) is 5. The molecule has 1 heterocycles. The first-order valence-corrected chi connectivity index (χ1v) is 10.9. The van der Waals surface area contributed by atoms with Gasteiger partial charge in [0.2, 0.25) is 5.91 Å². The number of rotatable bonds is 7. The number of ether oxygens (including phenoxy) is 1. The van der Waals surface area contributed by atoms with Crippen LogP contribution >= 0.6 is 11.8 Å². The van der Waals surface area contributed by atoms with Gasteiger partial charge in [-0.2, -0.15) is 0 Å². The van der Waals surface area contributed by atoms with Gasteiger partial charge in [-0.25, -0.2) is 4.98 Å². The first-order chi connectivity index (χ1) is 13.5. The van der Waals surface area contributed by atoms with Gasteiger partial charge in [-0.15, -0.1) is 0 Å². The van der Waals surface area contributed by atoms with E-state index in [0.717, 1.165) is 12.8 Å². The summed E-state index contributed by atoms with van der Waals surface area (Å²) in [6, 6.07) is 7.53. The third-order valence-corrected chi connectivity index (χ3v) is 6.71. The molecule has 28 heavy (non-hydrogen) atoms. The Labute approximate surface area is 170 Å². The number of nitrogens with zero attached hydrogens (tertiary/aromatic N) is 2. The van der Waals surface area contributed by atoms with Crippen molar-refractivity contribution in [2.45, 2.75) is 50.9 Å². The largest absolute Gasteiger partial charge is 0.383 e. The van der Waals surface area contributed by atoms with Crippen molar-refractivity contribution in [3.05, 3.63) is 34.6 Å². The van der Waals surface area contributed by atoms with Crippen molar-refractivity contribution in [3.63, 3.8) is 0 Å². The molecule has 0 bridgehead atoms. The highest BCUT2D eigenvalue weighted by molar-refractivity contribution is 7.99. The van der Waals surface area contributed by atoms with Crippen LogP contribution in [-0.2, 0) is 16.1 Å². The molecular weight excluding hydrogens is 374 g/mol. The fraction of sp³-hybridized carbons (Fsp3) is 0.571. The first kappa shape index (κ1) is 20.9. The number of nitrogens with one attached hydrogen (secondary N) is 1. The molecule has 1 aliphatic carbocycles. The molecular formula is C21H29N3O3S. The van der Waals surface area contributed by atoms with E-state index in [1.807, 2.05) is 18.2 Å². The number of methoxy groups -OCH3 is 1. The van der Waals surface area contributed by atoms with Crippen LogP contribution in [0.3, 0.4) is 0 Å². The molecule has 1 aromatic heterocycles. The van der Waals surface area contributed by atoms with E-state index in [2.05, 4.69) is 24.1 Å². The van der Waals surface area contributed by atoms with E-state index in [0.29, 0.717) is 41.0 Å². The number of aromatic nitrogens is 2. The Bertz CT molecular complexity index is 883. The average molecular weight is 404 g/mol. The maximum absolute atomic E-state index is 12.8. The zero-order valence-electron chi connectivity index (χ0n) is 16.8. The summed E-state index contributed by atoms with van der Waals surface area (Å²) in [4.78, 5) is 30.0. The molecule has 2 aromatic rings. The van der Waals surface area contributed by atoms with E-state index in [1.54, 1.807) is 17.7 Å². The quantitative estimate of drug-likeness (QED) is 0.568. The Morgan fingerprint density at radius 3 is 2.89 bits per heavy atom. The van der Waals surface area contributed by atoms with Crippen LogP contribution in [0.4, 0.5) is 0 Å². The van der Waals surface area contributed by atoms with Crippen molar-refractivity contribution in [3.8, 4) is 0 Å². The zero-order chi connectivity index (χ0) is 20.1. The summed E-state index contributed by atoms with van der Waals surface area (Å²) in [7, 11) is 1.60. The lowest BCUT2D eigenvalue weighted by atomic mass is 9.78. The second-order valence-corrected chi connectivity index (χ2v) is 8.53. The molecule has 3 rings (SSSR count). The second-order valence-electron chi connectivity index (χ2n) is 7.59. The Kier molecular flexibility index (Phi) is 7.13. The van der Waals surface area contributed by atoms with Gasteiger partial charge in [0.25, 0.3) is 5.56 Å². The van der Waals surface area contributed by atoms with E-state index in [-0.39, 0.29) is 23.3 Å². The van der Waals surface area contributed by atoms with Crippen molar-refractivity contribution in [1.29, 1.82) is 0 Å². The van der Waals surface area contributed by atoms with Gasteiger partial charge in [-0.05, 0) is 30.4 Å². The Hall–Kier alpha value is -1.86. The van der Waals surface area contributed by atoms with Gasteiger partial charge < -0.3 is 10.1 Å². The second kappa shape index (κ2) is 9.56. The Morgan fingerprint density at radius 2 is 2.11 bits per heavy atom. The first-order valence-electron chi connectivity index (χ1n) is 9.92. The molecule has 3 atom stereocenters. The standard InChI is InChI=1S/C21H29N3O3S/c1-14-7-6-10-17(15(14)2)22-19(25)13-28-21-23-18-9-5-4-8-16(18)20(26)24(21)11-12-27-3/h4-5,8-9,14-15,17H,6-7,10-13H2,1-3H3,(H,22,25)/t14-,15-,17-/m0/s1. The van der Waals surface area contributed by atoms with Gasteiger partial charge in [0.05, 0.1) is 29.8 Å². The Morgan fingerprint density at radius 1 is 1.32 bits per heavy atom. The molecule has 1 amide bonds. The SMILES string of the molecule is COCCn1c(SCC(=O)N[C@H]2CCC[C@H](C)[C@@H]2C)nc2ccccc2c1=O. The molecule has 7 heteroatoms.